The second-order valence-electron chi connectivity index (χ2n) is 4.23. The molecule has 0 saturated heterocycles. The molecule has 1 aromatic carbocycles. The van der Waals surface area contributed by atoms with Gasteiger partial charge in [-0.2, -0.15) is 0 Å². The van der Waals surface area contributed by atoms with Crippen molar-refractivity contribution in [3.63, 3.8) is 0 Å². The fourth-order valence-electron chi connectivity index (χ4n) is 2.26. The second kappa shape index (κ2) is 3.43. The quantitative estimate of drug-likeness (QED) is 0.483. The Labute approximate surface area is 107 Å². The lowest BCUT2D eigenvalue weighted by Crippen LogP contribution is -1.85. The van der Waals surface area contributed by atoms with Crippen LogP contribution in [-0.2, 0) is 0 Å². The van der Waals surface area contributed by atoms with Gasteiger partial charge >= 0.3 is 0 Å². The maximum Gasteiger partial charge on any atom is 0.162 e. The van der Waals surface area contributed by atoms with E-state index in [-0.39, 0.29) is 0 Å². The van der Waals surface area contributed by atoms with Crippen LogP contribution >= 0.6 is 11.6 Å². The molecule has 0 spiro atoms. The van der Waals surface area contributed by atoms with E-state index in [0.717, 1.165) is 33.0 Å². The van der Waals surface area contributed by atoms with Crippen LogP contribution < -0.4 is 0 Å². The maximum absolute atomic E-state index is 5.93. The lowest BCUT2D eigenvalue weighted by atomic mass is 10.1. The summed E-state index contributed by atoms with van der Waals surface area (Å²) in [5, 5.41) is 3.82. The molecule has 0 amide bonds. The Morgan fingerprint density at radius 1 is 0.944 bits per heavy atom. The van der Waals surface area contributed by atoms with Gasteiger partial charge < -0.3 is 4.98 Å². The summed E-state index contributed by atoms with van der Waals surface area (Å²) in [4.78, 5) is 12.1. The van der Waals surface area contributed by atoms with Crippen LogP contribution in [0.1, 0.15) is 0 Å². The Morgan fingerprint density at radius 3 is 2.78 bits per heavy atom. The number of hydrogen-bond donors (Lipinski definition) is 1. The number of nitrogens with one attached hydrogen (secondary N) is 1. The van der Waals surface area contributed by atoms with E-state index in [4.69, 9.17) is 11.6 Å². The summed E-state index contributed by atoms with van der Waals surface area (Å²) in [5.41, 5.74) is 2.49. The van der Waals surface area contributed by atoms with Gasteiger partial charge in [0.2, 0.25) is 0 Å². The molecular weight excluding hydrogens is 246 g/mol. The van der Waals surface area contributed by atoms with Gasteiger partial charge in [0, 0.05) is 16.2 Å². The predicted molar refractivity (Wildman–Crippen MR) is 73.9 cm³/mol. The van der Waals surface area contributed by atoms with Gasteiger partial charge in [0.1, 0.15) is 10.8 Å². The van der Waals surface area contributed by atoms with Crippen molar-refractivity contribution in [2.75, 3.05) is 0 Å². The van der Waals surface area contributed by atoms with E-state index in [0.29, 0.717) is 5.15 Å². The molecule has 3 nitrogen and oxygen atoms in total. The van der Waals surface area contributed by atoms with Gasteiger partial charge in [-0.3, -0.25) is 0 Å². The topological polar surface area (TPSA) is 41.6 Å². The van der Waals surface area contributed by atoms with Crippen molar-refractivity contribution in [2.24, 2.45) is 0 Å². The summed E-state index contributed by atoms with van der Waals surface area (Å²) in [5.74, 6) is 0. The Bertz CT molecular complexity index is 895. The highest BCUT2D eigenvalue weighted by atomic mass is 35.5. The number of rotatable bonds is 0. The third-order valence-electron chi connectivity index (χ3n) is 3.10. The Kier molecular flexibility index (Phi) is 1.88. The molecule has 18 heavy (non-hydrogen) atoms. The number of para-hydroxylation sites is 1. The van der Waals surface area contributed by atoms with Gasteiger partial charge in [0.25, 0.3) is 0 Å². The molecule has 1 N–H and O–H groups in total. The lowest BCUT2D eigenvalue weighted by molar-refractivity contribution is 1.30. The fourth-order valence-corrected chi connectivity index (χ4v) is 2.41. The zero-order valence-corrected chi connectivity index (χ0v) is 10.1. The molecule has 0 radical (unpaired) electrons. The minimum atomic E-state index is 0.575. The number of halogens is 1. The standard InChI is InChI=1S/C14H8ClN3/c15-12-6-5-8-7-10-9-3-1-2-4-11(9)16-14(10)18-13(8)17-12/h1-7H,(H,16,17,18). The highest BCUT2D eigenvalue weighted by Gasteiger charge is 2.08. The van der Waals surface area contributed by atoms with Crippen LogP contribution in [0.5, 0.6) is 0 Å². The Balaban J connectivity index is 2.23. The molecule has 0 saturated carbocycles. The smallest absolute Gasteiger partial charge is 0.162 e. The summed E-state index contributed by atoms with van der Waals surface area (Å²) < 4.78 is 0. The van der Waals surface area contributed by atoms with Crippen LogP contribution in [0.3, 0.4) is 0 Å². The van der Waals surface area contributed by atoms with Crippen molar-refractivity contribution < 1.29 is 0 Å². The first kappa shape index (κ1) is 9.85. The minimum absolute atomic E-state index is 0.575. The molecule has 0 aliphatic rings. The molecule has 0 fully saturated rings. The lowest BCUT2D eigenvalue weighted by Gasteiger charge is -1.99. The average Bonchev–Trinajstić information content (AvgIpc) is 2.73. The number of pyridine rings is 2. The Hall–Kier alpha value is -2.13. The number of aromatic amines is 1. The first-order valence-corrected chi connectivity index (χ1v) is 6.03. The molecular formula is C14H8ClN3. The van der Waals surface area contributed by atoms with Crippen LogP contribution in [0.25, 0.3) is 33.0 Å². The molecule has 4 rings (SSSR count). The van der Waals surface area contributed by atoms with Gasteiger partial charge in [0.05, 0.1) is 5.52 Å². The van der Waals surface area contributed by atoms with E-state index in [1.165, 1.54) is 0 Å². The predicted octanol–water partition coefficient (Wildman–Crippen LogP) is 3.92. The third kappa shape index (κ3) is 1.31. The van der Waals surface area contributed by atoms with Crippen molar-refractivity contribution in [2.45, 2.75) is 0 Å². The van der Waals surface area contributed by atoms with Crippen molar-refractivity contribution in [3.8, 4) is 0 Å². The number of H-pyrrole nitrogens is 1. The zero-order chi connectivity index (χ0) is 12.1. The monoisotopic (exact) mass is 253 g/mol. The number of nitrogens with zero attached hydrogens (tertiary/aromatic N) is 2. The molecule has 3 heterocycles. The molecule has 0 aliphatic carbocycles. The number of aromatic nitrogens is 3. The fraction of sp³-hybridized carbons (Fsp3) is 0. The van der Waals surface area contributed by atoms with Crippen molar-refractivity contribution >= 4 is 44.6 Å². The highest BCUT2D eigenvalue weighted by molar-refractivity contribution is 6.29. The van der Waals surface area contributed by atoms with E-state index in [1.807, 2.05) is 30.3 Å². The molecule has 0 unspecified atom stereocenters. The van der Waals surface area contributed by atoms with E-state index in [1.54, 1.807) is 0 Å². The number of benzene rings is 1. The molecule has 86 valence electrons. The van der Waals surface area contributed by atoms with E-state index >= 15 is 0 Å². The van der Waals surface area contributed by atoms with E-state index in [9.17, 15) is 0 Å². The summed E-state index contributed by atoms with van der Waals surface area (Å²) in [6, 6.07) is 14.0. The molecule has 3 aromatic heterocycles. The highest BCUT2D eigenvalue weighted by Crippen LogP contribution is 2.26. The first-order chi connectivity index (χ1) is 8.81. The largest absolute Gasteiger partial charge is 0.330 e. The normalized spacial score (nSPS) is 11.6. The summed E-state index contributed by atoms with van der Waals surface area (Å²) in [6.45, 7) is 0. The minimum Gasteiger partial charge on any atom is -0.330 e. The van der Waals surface area contributed by atoms with Crippen LogP contribution in [-0.4, -0.2) is 15.0 Å². The van der Waals surface area contributed by atoms with E-state index < -0.39 is 0 Å². The summed E-state index contributed by atoms with van der Waals surface area (Å²) in [6.07, 6.45) is 0. The molecule has 0 bridgehead atoms. The van der Waals surface area contributed by atoms with Crippen LogP contribution in [0.2, 0.25) is 5.15 Å². The SMILES string of the molecule is Clc1ccc2cc3c(nc4ccccc43)nc2[nH]1. The van der Waals surface area contributed by atoms with Gasteiger partial charge in [-0.05, 0) is 24.3 Å². The number of fused-ring (bicyclic) bond motifs is 4. The Morgan fingerprint density at radius 2 is 1.83 bits per heavy atom. The molecule has 0 atom stereocenters. The van der Waals surface area contributed by atoms with Crippen LogP contribution in [0.4, 0.5) is 0 Å². The van der Waals surface area contributed by atoms with Gasteiger partial charge in [0.15, 0.2) is 5.65 Å². The van der Waals surface area contributed by atoms with Gasteiger partial charge in [-0.25, -0.2) is 9.97 Å². The van der Waals surface area contributed by atoms with Gasteiger partial charge in [-0.1, -0.05) is 29.8 Å². The number of hydrogen-bond acceptors (Lipinski definition) is 2. The van der Waals surface area contributed by atoms with Crippen LogP contribution in [0, 0.1) is 0 Å². The zero-order valence-electron chi connectivity index (χ0n) is 9.31. The molecule has 4 heteroatoms. The third-order valence-corrected chi connectivity index (χ3v) is 3.32. The van der Waals surface area contributed by atoms with Gasteiger partial charge in [-0.15, -0.1) is 0 Å². The maximum atomic E-state index is 5.93. The van der Waals surface area contributed by atoms with Crippen molar-refractivity contribution in [1.82, 2.24) is 15.0 Å². The molecule has 4 aromatic rings. The van der Waals surface area contributed by atoms with Crippen LogP contribution in [0.15, 0.2) is 42.5 Å². The first-order valence-electron chi connectivity index (χ1n) is 5.65. The summed E-state index contributed by atoms with van der Waals surface area (Å²) in [7, 11) is 0. The van der Waals surface area contributed by atoms with Crippen molar-refractivity contribution in [3.05, 3.63) is 47.6 Å². The second-order valence-corrected chi connectivity index (χ2v) is 4.64. The molecule has 0 aliphatic heterocycles. The van der Waals surface area contributed by atoms with E-state index in [2.05, 4.69) is 27.1 Å². The van der Waals surface area contributed by atoms with Crippen molar-refractivity contribution in [1.29, 1.82) is 0 Å². The summed E-state index contributed by atoms with van der Waals surface area (Å²) >= 11 is 5.93. The average molecular weight is 254 g/mol.